The van der Waals surface area contributed by atoms with Crippen LogP contribution in [-0.4, -0.2) is 20.3 Å². The second-order valence-corrected chi connectivity index (χ2v) is 7.75. The van der Waals surface area contributed by atoms with Crippen LogP contribution in [0.3, 0.4) is 0 Å². The number of aromatic nitrogens is 3. The van der Waals surface area contributed by atoms with Gasteiger partial charge in [-0.2, -0.15) is 0 Å². The average Bonchev–Trinajstić information content (AvgIpc) is 2.57. The van der Waals surface area contributed by atoms with E-state index in [1.807, 2.05) is 26.0 Å². The minimum atomic E-state index is -0.511. The van der Waals surface area contributed by atoms with Crippen molar-refractivity contribution in [2.75, 3.05) is 5.32 Å². The molecule has 0 saturated heterocycles. The summed E-state index contributed by atoms with van der Waals surface area (Å²) < 4.78 is 1.39. The summed E-state index contributed by atoms with van der Waals surface area (Å²) in [6.45, 7) is 4.09. The summed E-state index contributed by atoms with van der Waals surface area (Å²) in [5.41, 5.74) is 1.48. The number of hydrogen-bond donors (Lipinski definition) is 2. The molecule has 2 aromatic heterocycles. The number of carbonyl (C=O) groups is 1. The largest absolute Gasteiger partial charge is 0.344 e. The molecule has 0 amide bonds. The monoisotopic (exact) mass is 352 g/mol. The van der Waals surface area contributed by atoms with E-state index in [-0.39, 0.29) is 11.2 Å². The lowest BCUT2D eigenvalue weighted by Gasteiger charge is -2.39. The van der Waals surface area contributed by atoms with E-state index in [2.05, 4.69) is 15.3 Å². The molecule has 2 aromatic rings. The molecule has 0 radical (unpaired) electrons. The van der Waals surface area contributed by atoms with Gasteiger partial charge in [-0.05, 0) is 29.5 Å². The summed E-state index contributed by atoms with van der Waals surface area (Å²) in [5, 5.41) is 3.22. The first kappa shape index (κ1) is 16.5. The van der Waals surface area contributed by atoms with Gasteiger partial charge in [0.1, 0.15) is 5.82 Å². The molecule has 0 saturated carbocycles. The summed E-state index contributed by atoms with van der Waals surface area (Å²) in [6, 6.07) is 3.62. The second kappa shape index (κ2) is 5.52. The number of ketones is 1. The van der Waals surface area contributed by atoms with Gasteiger partial charge >= 0.3 is 5.69 Å². The molecule has 0 aromatic carbocycles. The molecule has 0 fully saturated rings. The summed E-state index contributed by atoms with van der Waals surface area (Å²) in [7, 11) is 1.61. The Hall–Kier alpha value is -2.96. The Morgan fingerprint density at radius 1 is 1.15 bits per heavy atom. The van der Waals surface area contributed by atoms with Crippen molar-refractivity contribution in [3.05, 3.63) is 67.8 Å². The van der Waals surface area contributed by atoms with Crippen LogP contribution in [0.1, 0.15) is 43.7 Å². The fraction of sp³-hybridized carbons (Fsp3) is 0.368. The number of nitrogens with one attached hydrogen (secondary N) is 2. The fourth-order valence-electron chi connectivity index (χ4n) is 4.01. The summed E-state index contributed by atoms with van der Waals surface area (Å²) in [4.78, 5) is 44.2. The number of allylic oxidation sites excluding steroid dienone is 2. The highest BCUT2D eigenvalue weighted by Crippen LogP contribution is 2.47. The molecule has 0 bridgehead atoms. The molecule has 7 heteroatoms. The second-order valence-electron chi connectivity index (χ2n) is 7.75. The van der Waals surface area contributed by atoms with Crippen molar-refractivity contribution in [3.63, 3.8) is 0 Å². The van der Waals surface area contributed by atoms with Gasteiger partial charge in [-0.3, -0.25) is 24.1 Å². The van der Waals surface area contributed by atoms with E-state index in [0.29, 0.717) is 29.8 Å². The Bertz CT molecular complexity index is 1060. The molecule has 2 N–H and O–H groups in total. The number of aromatic amines is 1. The highest BCUT2D eigenvalue weighted by atomic mass is 16.2. The molecular formula is C19H20N4O3. The number of carbonyl (C=O) groups excluding carboxylic acids is 1. The number of Topliss-reactive ketones (excluding diaryl/α,β-unsaturated/α-hetero) is 1. The molecule has 4 rings (SSSR count). The van der Waals surface area contributed by atoms with Gasteiger partial charge in [0.25, 0.3) is 5.56 Å². The van der Waals surface area contributed by atoms with Crippen LogP contribution in [0.15, 0.2) is 45.4 Å². The number of fused-ring (bicyclic) bond motifs is 1. The van der Waals surface area contributed by atoms with Crippen molar-refractivity contribution >= 4 is 11.6 Å². The Morgan fingerprint density at radius 2 is 1.85 bits per heavy atom. The van der Waals surface area contributed by atoms with Crippen molar-refractivity contribution in [2.45, 2.75) is 32.6 Å². The lowest BCUT2D eigenvalue weighted by molar-refractivity contribution is -0.118. The van der Waals surface area contributed by atoms with E-state index in [0.717, 1.165) is 11.3 Å². The smallest absolute Gasteiger partial charge is 0.329 e. The van der Waals surface area contributed by atoms with Crippen LogP contribution >= 0.6 is 0 Å². The molecular weight excluding hydrogens is 332 g/mol. The average molecular weight is 352 g/mol. The zero-order valence-corrected chi connectivity index (χ0v) is 14.9. The molecule has 3 heterocycles. The van der Waals surface area contributed by atoms with Gasteiger partial charge in [-0.1, -0.05) is 13.8 Å². The molecule has 26 heavy (non-hydrogen) atoms. The topological polar surface area (TPSA) is 96.8 Å². The lowest BCUT2D eigenvalue weighted by atomic mass is 9.69. The van der Waals surface area contributed by atoms with Crippen LogP contribution in [0, 0.1) is 5.41 Å². The first-order valence-electron chi connectivity index (χ1n) is 8.55. The third-order valence-corrected chi connectivity index (χ3v) is 5.17. The van der Waals surface area contributed by atoms with Gasteiger partial charge in [0.2, 0.25) is 0 Å². The normalized spacial score (nSPS) is 21.0. The van der Waals surface area contributed by atoms with E-state index in [1.54, 1.807) is 19.4 Å². The number of H-pyrrole nitrogens is 1. The number of nitrogens with zero attached hydrogens (tertiary/aromatic N) is 2. The van der Waals surface area contributed by atoms with E-state index in [4.69, 9.17) is 0 Å². The van der Waals surface area contributed by atoms with Crippen LogP contribution < -0.4 is 16.6 Å². The Balaban J connectivity index is 2.05. The predicted molar refractivity (Wildman–Crippen MR) is 97.1 cm³/mol. The Morgan fingerprint density at radius 3 is 2.54 bits per heavy atom. The first-order valence-corrected chi connectivity index (χ1v) is 8.55. The van der Waals surface area contributed by atoms with Gasteiger partial charge in [-0.25, -0.2) is 4.79 Å². The van der Waals surface area contributed by atoms with E-state index < -0.39 is 17.2 Å². The fourth-order valence-corrected chi connectivity index (χ4v) is 4.01. The molecule has 7 nitrogen and oxygen atoms in total. The molecule has 0 unspecified atom stereocenters. The van der Waals surface area contributed by atoms with Crippen molar-refractivity contribution < 1.29 is 4.79 Å². The van der Waals surface area contributed by atoms with Crippen LogP contribution in [0.25, 0.3) is 0 Å². The van der Waals surface area contributed by atoms with E-state index >= 15 is 0 Å². The predicted octanol–water partition coefficient (Wildman–Crippen LogP) is 1.67. The van der Waals surface area contributed by atoms with E-state index in [9.17, 15) is 14.4 Å². The summed E-state index contributed by atoms with van der Waals surface area (Å²) in [6.07, 6.45) is 4.39. The van der Waals surface area contributed by atoms with Crippen molar-refractivity contribution in [1.82, 2.24) is 14.5 Å². The van der Waals surface area contributed by atoms with Crippen LogP contribution in [0.5, 0.6) is 0 Å². The van der Waals surface area contributed by atoms with E-state index in [1.165, 1.54) is 4.57 Å². The minimum absolute atomic E-state index is 0.0319. The zero-order valence-electron chi connectivity index (χ0n) is 14.9. The quantitative estimate of drug-likeness (QED) is 0.814. The number of hydrogen-bond acceptors (Lipinski definition) is 5. The molecule has 1 atom stereocenters. The van der Waals surface area contributed by atoms with Crippen LogP contribution in [-0.2, 0) is 11.8 Å². The Kier molecular flexibility index (Phi) is 3.50. The van der Waals surface area contributed by atoms with Crippen LogP contribution in [0.4, 0.5) is 5.82 Å². The third kappa shape index (κ3) is 2.42. The Labute approximate surface area is 149 Å². The maximum atomic E-state index is 13.0. The maximum absolute atomic E-state index is 13.0. The van der Waals surface area contributed by atoms with Gasteiger partial charge < -0.3 is 5.32 Å². The molecule has 134 valence electrons. The summed E-state index contributed by atoms with van der Waals surface area (Å²) in [5.74, 6) is -0.0299. The SMILES string of the molecule is Cn1c2c(c(=O)[nH]c1=O)[C@@H](c1ccncc1)C1=C(CC(C)(C)CC1=O)N2. The van der Waals surface area contributed by atoms with Gasteiger partial charge in [0.05, 0.1) is 5.56 Å². The highest BCUT2D eigenvalue weighted by molar-refractivity contribution is 6.01. The minimum Gasteiger partial charge on any atom is -0.344 e. The van der Waals surface area contributed by atoms with Gasteiger partial charge in [-0.15, -0.1) is 0 Å². The molecule has 1 aliphatic carbocycles. The molecule has 2 aliphatic rings. The van der Waals surface area contributed by atoms with Gasteiger partial charge in [0.15, 0.2) is 5.78 Å². The first-order chi connectivity index (χ1) is 12.3. The van der Waals surface area contributed by atoms with Crippen molar-refractivity contribution in [2.24, 2.45) is 12.5 Å². The molecule has 1 aliphatic heterocycles. The molecule has 0 spiro atoms. The van der Waals surface area contributed by atoms with Crippen molar-refractivity contribution in [1.29, 1.82) is 0 Å². The summed E-state index contributed by atoms with van der Waals surface area (Å²) >= 11 is 0. The van der Waals surface area contributed by atoms with Crippen LogP contribution in [0.2, 0.25) is 0 Å². The lowest BCUT2D eigenvalue weighted by Crippen LogP contribution is -2.41. The zero-order chi connectivity index (χ0) is 18.6. The highest BCUT2D eigenvalue weighted by Gasteiger charge is 2.42. The van der Waals surface area contributed by atoms with Gasteiger partial charge in [0, 0.05) is 43.1 Å². The number of rotatable bonds is 1. The van der Waals surface area contributed by atoms with Crippen molar-refractivity contribution in [3.8, 4) is 0 Å². The third-order valence-electron chi connectivity index (χ3n) is 5.17. The maximum Gasteiger partial charge on any atom is 0.329 e. The standard InChI is InChI=1S/C19H20N4O3/c1-19(2)8-11-14(12(24)9-19)13(10-4-6-20-7-5-10)15-16(21-11)23(3)18(26)22-17(15)25/h4-7,13,21H,8-9H2,1-3H3,(H,22,25,26)/t13-/m0/s1. The number of pyridine rings is 1. The number of anilines is 1.